The third kappa shape index (κ3) is 3.84. The van der Waals surface area contributed by atoms with E-state index in [1.54, 1.807) is 19.2 Å². The van der Waals surface area contributed by atoms with Crippen molar-refractivity contribution in [3.8, 4) is 0 Å². The molecule has 0 saturated heterocycles. The molecule has 2 rings (SSSR count). The van der Waals surface area contributed by atoms with Crippen LogP contribution >= 0.6 is 0 Å². The van der Waals surface area contributed by atoms with Crippen LogP contribution < -0.4 is 5.73 Å². The first-order valence-corrected chi connectivity index (χ1v) is 9.21. The predicted octanol–water partition coefficient (Wildman–Crippen LogP) is 2.53. The van der Waals surface area contributed by atoms with Crippen LogP contribution in [0.5, 0.6) is 0 Å². The van der Waals surface area contributed by atoms with Crippen molar-refractivity contribution in [1.82, 2.24) is 4.31 Å². The Morgan fingerprint density at radius 1 is 1.14 bits per heavy atom. The first kappa shape index (κ1) is 16.5. The van der Waals surface area contributed by atoms with Crippen molar-refractivity contribution >= 4 is 10.0 Å². The third-order valence-electron chi connectivity index (χ3n) is 4.39. The molecule has 5 heteroatoms. The quantitative estimate of drug-likeness (QED) is 0.909. The van der Waals surface area contributed by atoms with Crippen LogP contribution in [0.15, 0.2) is 29.2 Å². The number of nitrogens with two attached hydrogens (primary N) is 1. The highest BCUT2D eigenvalue weighted by Gasteiger charge is 2.30. The minimum Gasteiger partial charge on any atom is -0.328 e. The summed E-state index contributed by atoms with van der Waals surface area (Å²) >= 11 is 0. The first-order valence-electron chi connectivity index (χ1n) is 7.77. The molecule has 1 fully saturated rings. The number of sulfonamides is 1. The average Bonchev–Trinajstić information content (AvgIpc) is 2.48. The lowest BCUT2D eigenvalue weighted by atomic mass is 9.92. The van der Waals surface area contributed by atoms with E-state index in [9.17, 15) is 8.42 Å². The van der Waals surface area contributed by atoms with Gasteiger partial charge in [0.05, 0.1) is 4.90 Å². The van der Waals surface area contributed by atoms with Crippen LogP contribution in [0.3, 0.4) is 0 Å². The number of nitrogens with zero attached hydrogens (tertiary/aromatic N) is 1. The van der Waals surface area contributed by atoms with Crippen LogP contribution in [0, 0.1) is 0 Å². The summed E-state index contributed by atoms with van der Waals surface area (Å²) in [5.74, 6) is 0. The van der Waals surface area contributed by atoms with Crippen molar-refractivity contribution in [2.24, 2.45) is 5.73 Å². The zero-order valence-electron chi connectivity index (χ0n) is 13.0. The highest BCUT2D eigenvalue weighted by atomic mass is 32.2. The molecule has 2 N–H and O–H groups in total. The van der Waals surface area contributed by atoms with Gasteiger partial charge in [0, 0.05) is 19.1 Å². The van der Waals surface area contributed by atoms with Gasteiger partial charge in [0.15, 0.2) is 0 Å². The fourth-order valence-electron chi connectivity index (χ4n) is 2.94. The Morgan fingerprint density at radius 3 is 2.24 bits per heavy atom. The van der Waals surface area contributed by atoms with E-state index in [4.69, 9.17) is 5.73 Å². The first-order chi connectivity index (χ1) is 9.95. The molecule has 0 aromatic heterocycles. The Kier molecular flexibility index (Phi) is 5.41. The minimum atomic E-state index is -3.40. The SMILES string of the molecule is CCCc1ccc(S(=O)(=O)N(C)C2CCC(N)CC2)cc1. The molecule has 0 amide bonds. The van der Waals surface area contributed by atoms with E-state index in [-0.39, 0.29) is 12.1 Å². The Labute approximate surface area is 128 Å². The van der Waals surface area contributed by atoms with Gasteiger partial charge in [-0.25, -0.2) is 8.42 Å². The standard InChI is InChI=1S/C16H26N2O2S/c1-3-4-13-5-11-16(12-6-13)21(19,20)18(2)15-9-7-14(17)8-10-15/h5-6,11-12,14-15H,3-4,7-10,17H2,1-2H3. The van der Waals surface area contributed by atoms with Crippen molar-refractivity contribution in [1.29, 1.82) is 0 Å². The monoisotopic (exact) mass is 310 g/mol. The molecule has 21 heavy (non-hydrogen) atoms. The highest BCUT2D eigenvalue weighted by Crippen LogP contribution is 2.26. The molecule has 0 radical (unpaired) electrons. The molecule has 1 saturated carbocycles. The molecule has 1 aromatic carbocycles. The summed E-state index contributed by atoms with van der Waals surface area (Å²) in [5.41, 5.74) is 7.08. The smallest absolute Gasteiger partial charge is 0.243 e. The summed E-state index contributed by atoms with van der Waals surface area (Å²) in [6.07, 6.45) is 5.56. The molecule has 1 aliphatic rings. The van der Waals surface area contributed by atoms with Crippen molar-refractivity contribution in [2.45, 2.75) is 62.4 Å². The van der Waals surface area contributed by atoms with E-state index in [2.05, 4.69) is 6.92 Å². The summed E-state index contributed by atoms with van der Waals surface area (Å²) in [4.78, 5) is 0.389. The van der Waals surface area contributed by atoms with E-state index in [0.717, 1.165) is 38.5 Å². The number of rotatable bonds is 5. The fraction of sp³-hybridized carbons (Fsp3) is 0.625. The lowest BCUT2D eigenvalue weighted by Gasteiger charge is -2.32. The highest BCUT2D eigenvalue weighted by molar-refractivity contribution is 7.89. The largest absolute Gasteiger partial charge is 0.328 e. The summed E-state index contributed by atoms with van der Waals surface area (Å²) in [6, 6.07) is 7.59. The summed E-state index contributed by atoms with van der Waals surface area (Å²) in [5, 5.41) is 0. The van der Waals surface area contributed by atoms with Gasteiger partial charge in [-0.05, 0) is 49.8 Å². The van der Waals surface area contributed by atoms with Crippen LogP contribution in [-0.2, 0) is 16.4 Å². The van der Waals surface area contributed by atoms with Gasteiger partial charge in [-0.3, -0.25) is 0 Å². The maximum atomic E-state index is 12.7. The number of aryl methyl sites for hydroxylation is 1. The molecule has 1 aromatic rings. The van der Waals surface area contributed by atoms with Gasteiger partial charge in [0.2, 0.25) is 10.0 Å². The Morgan fingerprint density at radius 2 is 1.71 bits per heavy atom. The molecule has 0 aliphatic heterocycles. The normalized spacial score (nSPS) is 23.4. The molecule has 0 spiro atoms. The van der Waals surface area contributed by atoms with E-state index in [1.165, 1.54) is 9.87 Å². The zero-order chi connectivity index (χ0) is 15.5. The second-order valence-electron chi connectivity index (χ2n) is 5.98. The summed E-state index contributed by atoms with van der Waals surface area (Å²) in [6.45, 7) is 2.12. The van der Waals surface area contributed by atoms with E-state index >= 15 is 0 Å². The van der Waals surface area contributed by atoms with Crippen molar-refractivity contribution in [3.05, 3.63) is 29.8 Å². The number of benzene rings is 1. The Bertz CT molecular complexity index is 546. The molecule has 0 unspecified atom stereocenters. The molecule has 0 bridgehead atoms. The average molecular weight is 310 g/mol. The van der Waals surface area contributed by atoms with Crippen LogP contribution in [0.4, 0.5) is 0 Å². The molecular weight excluding hydrogens is 284 g/mol. The van der Waals surface area contributed by atoms with Gasteiger partial charge in [-0.15, -0.1) is 0 Å². The van der Waals surface area contributed by atoms with Gasteiger partial charge in [0.1, 0.15) is 0 Å². The second-order valence-corrected chi connectivity index (χ2v) is 7.98. The molecule has 118 valence electrons. The predicted molar refractivity (Wildman–Crippen MR) is 85.6 cm³/mol. The van der Waals surface area contributed by atoms with Crippen molar-refractivity contribution in [2.75, 3.05) is 7.05 Å². The van der Waals surface area contributed by atoms with Gasteiger partial charge in [-0.2, -0.15) is 4.31 Å². The summed E-state index contributed by atoms with van der Waals surface area (Å²) in [7, 11) is -1.70. The third-order valence-corrected chi connectivity index (χ3v) is 6.32. The van der Waals surface area contributed by atoms with Gasteiger partial charge in [0.25, 0.3) is 0 Å². The second kappa shape index (κ2) is 6.90. The van der Waals surface area contributed by atoms with Crippen molar-refractivity contribution < 1.29 is 8.42 Å². The van der Waals surface area contributed by atoms with Gasteiger partial charge < -0.3 is 5.73 Å². The van der Waals surface area contributed by atoms with Gasteiger partial charge >= 0.3 is 0 Å². The van der Waals surface area contributed by atoms with Crippen LogP contribution in [-0.4, -0.2) is 31.9 Å². The number of hydrogen-bond donors (Lipinski definition) is 1. The fourth-order valence-corrected chi connectivity index (χ4v) is 4.36. The number of hydrogen-bond acceptors (Lipinski definition) is 3. The molecular formula is C16H26N2O2S. The lowest BCUT2D eigenvalue weighted by Crippen LogP contribution is -2.41. The van der Waals surface area contributed by atoms with Crippen LogP contribution in [0.1, 0.15) is 44.6 Å². The Balaban J connectivity index is 2.13. The summed E-state index contributed by atoms with van der Waals surface area (Å²) < 4.78 is 26.9. The van der Waals surface area contributed by atoms with Crippen LogP contribution in [0.25, 0.3) is 0 Å². The molecule has 0 heterocycles. The molecule has 4 nitrogen and oxygen atoms in total. The van der Waals surface area contributed by atoms with E-state index < -0.39 is 10.0 Å². The van der Waals surface area contributed by atoms with Crippen LogP contribution in [0.2, 0.25) is 0 Å². The maximum Gasteiger partial charge on any atom is 0.243 e. The zero-order valence-corrected chi connectivity index (χ0v) is 13.8. The minimum absolute atomic E-state index is 0.0742. The Hall–Kier alpha value is -0.910. The van der Waals surface area contributed by atoms with E-state index in [0.29, 0.717) is 4.90 Å². The van der Waals surface area contributed by atoms with Crippen molar-refractivity contribution in [3.63, 3.8) is 0 Å². The molecule has 0 atom stereocenters. The maximum absolute atomic E-state index is 12.7. The van der Waals surface area contributed by atoms with E-state index in [1.807, 2.05) is 12.1 Å². The molecule has 1 aliphatic carbocycles. The lowest BCUT2D eigenvalue weighted by molar-refractivity contribution is 0.268. The van der Waals surface area contributed by atoms with Gasteiger partial charge in [-0.1, -0.05) is 25.5 Å². The topological polar surface area (TPSA) is 63.4 Å².